The van der Waals surface area contributed by atoms with Gasteiger partial charge in [-0.1, -0.05) is 0 Å². The maximum absolute atomic E-state index is 12.2. The highest BCUT2D eigenvalue weighted by Crippen LogP contribution is 2.21. The van der Waals surface area contributed by atoms with Gasteiger partial charge in [-0.3, -0.25) is 4.79 Å². The highest BCUT2D eigenvalue weighted by Gasteiger charge is 2.10. The number of benzene rings is 1. The van der Waals surface area contributed by atoms with Crippen LogP contribution in [0.4, 0.5) is 5.69 Å². The van der Waals surface area contributed by atoms with Crippen molar-refractivity contribution in [3.8, 4) is 5.75 Å². The predicted molar refractivity (Wildman–Crippen MR) is 81.3 cm³/mol. The minimum atomic E-state index is -0.103. The quantitative estimate of drug-likeness (QED) is 0.646. The van der Waals surface area contributed by atoms with E-state index in [0.717, 1.165) is 22.2 Å². The number of amides is 1. The van der Waals surface area contributed by atoms with E-state index >= 15 is 0 Å². The third-order valence-electron chi connectivity index (χ3n) is 3.37. The molecular weight excluding hydrogens is 266 g/mol. The van der Waals surface area contributed by atoms with Crippen LogP contribution in [0.3, 0.4) is 0 Å². The van der Waals surface area contributed by atoms with Crippen LogP contribution < -0.4 is 5.32 Å². The summed E-state index contributed by atoms with van der Waals surface area (Å²) in [5.41, 5.74) is 3.22. The summed E-state index contributed by atoms with van der Waals surface area (Å²) in [5, 5.41) is 13.2. The van der Waals surface area contributed by atoms with Gasteiger partial charge in [0.1, 0.15) is 11.4 Å². The second kappa shape index (κ2) is 5.28. The molecule has 2 heterocycles. The van der Waals surface area contributed by atoms with Crippen molar-refractivity contribution in [1.29, 1.82) is 0 Å². The number of aryl methyl sites for hydroxylation is 1. The number of anilines is 1. The summed E-state index contributed by atoms with van der Waals surface area (Å²) in [5.74, 6) is 0.0849. The molecule has 0 atom stereocenters. The van der Waals surface area contributed by atoms with Crippen LogP contribution in [0.5, 0.6) is 5.75 Å². The van der Waals surface area contributed by atoms with Crippen LogP contribution >= 0.6 is 0 Å². The van der Waals surface area contributed by atoms with Crippen LogP contribution in [0.25, 0.3) is 11.0 Å². The molecule has 0 fully saturated rings. The lowest BCUT2D eigenvalue weighted by molar-refractivity contribution is -0.115. The third-order valence-corrected chi connectivity index (χ3v) is 3.37. The first-order valence-corrected chi connectivity index (χ1v) is 6.64. The zero-order chi connectivity index (χ0) is 14.8. The number of nitrogens with one attached hydrogen (secondary N) is 2. The molecule has 0 aliphatic heterocycles. The number of nitrogens with zero attached hydrogens (tertiary/aromatic N) is 1. The van der Waals surface area contributed by atoms with Crippen molar-refractivity contribution in [2.24, 2.45) is 0 Å². The average Bonchev–Trinajstić information content (AvgIpc) is 2.85. The second-order valence-electron chi connectivity index (χ2n) is 4.94. The number of aromatic amines is 1. The van der Waals surface area contributed by atoms with E-state index in [9.17, 15) is 9.90 Å². The number of aromatic hydroxyl groups is 1. The van der Waals surface area contributed by atoms with Crippen molar-refractivity contribution in [3.63, 3.8) is 0 Å². The lowest BCUT2D eigenvalue weighted by Crippen LogP contribution is -2.14. The fourth-order valence-electron chi connectivity index (χ4n) is 2.31. The first-order valence-electron chi connectivity index (χ1n) is 6.64. The molecule has 2 aromatic heterocycles. The standard InChI is InChI=1S/C16H15N3O2/c1-10-7-12(20)4-5-14(10)19-15(21)8-11-9-18-16-13(11)3-2-6-17-16/h2-7,9,20H,8H2,1H3,(H,17,18)(H,19,21). The van der Waals surface area contributed by atoms with Gasteiger partial charge in [-0.15, -0.1) is 0 Å². The predicted octanol–water partition coefficient (Wildman–Crippen LogP) is 2.76. The number of carbonyl (C=O) groups excluding carboxylic acids is 1. The molecule has 0 spiro atoms. The van der Waals surface area contributed by atoms with Crippen LogP contribution in [0.2, 0.25) is 0 Å². The third kappa shape index (κ3) is 2.72. The number of phenols is 1. The minimum absolute atomic E-state index is 0.103. The number of rotatable bonds is 3. The summed E-state index contributed by atoms with van der Waals surface area (Å²) < 4.78 is 0. The Bertz CT molecular complexity index is 808. The number of hydrogen-bond acceptors (Lipinski definition) is 3. The van der Waals surface area contributed by atoms with Crippen LogP contribution in [0, 0.1) is 6.92 Å². The number of aromatic nitrogens is 2. The highest BCUT2D eigenvalue weighted by molar-refractivity contribution is 5.95. The molecule has 0 aliphatic carbocycles. The van der Waals surface area contributed by atoms with Gasteiger partial charge < -0.3 is 15.4 Å². The van der Waals surface area contributed by atoms with E-state index in [1.165, 1.54) is 0 Å². The van der Waals surface area contributed by atoms with Crippen molar-refractivity contribution in [2.45, 2.75) is 13.3 Å². The molecule has 3 rings (SSSR count). The van der Waals surface area contributed by atoms with Crippen LogP contribution in [-0.2, 0) is 11.2 Å². The Kier molecular flexibility index (Phi) is 3.31. The molecule has 0 unspecified atom stereocenters. The summed E-state index contributed by atoms with van der Waals surface area (Å²) in [4.78, 5) is 19.4. The first-order chi connectivity index (χ1) is 10.1. The van der Waals surface area contributed by atoms with Crippen LogP contribution in [-0.4, -0.2) is 21.0 Å². The van der Waals surface area contributed by atoms with Gasteiger partial charge in [0.25, 0.3) is 0 Å². The molecule has 0 saturated heterocycles. The molecule has 0 radical (unpaired) electrons. The molecule has 106 valence electrons. The maximum Gasteiger partial charge on any atom is 0.228 e. The van der Waals surface area contributed by atoms with Crippen LogP contribution in [0.15, 0.2) is 42.7 Å². The molecule has 5 heteroatoms. The Labute approximate surface area is 121 Å². The summed E-state index contributed by atoms with van der Waals surface area (Å²) in [7, 11) is 0. The Hall–Kier alpha value is -2.82. The topological polar surface area (TPSA) is 78.0 Å². The van der Waals surface area contributed by atoms with E-state index in [-0.39, 0.29) is 18.1 Å². The normalized spacial score (nSPS) is 10.7. The van der Waals surface area contributed by atoms with Gasteiger partial charge in [0.05, 0.1) is 6.42 Å². The molecule has 0 bridgehead atoms. The lowest BCUT2D eigenvalue weighted by atomic mass is 10.1. The minimum Gasteiger partial charge on any atom is -0.508 e. The molecule has 3 N–H and O–H groups in total. The first kappa shape index (κ1) is 13.2. The van der Waals surface area contributed by atoms with Crippen molar-refractivity contribution in [1.82, 2.24) is 9.97 Å². The lowest BCUT2D eigenvalue weighted by Gasteiger charge is -2.08. The fourth-order valence-corrected chi connectivity index (χ4v) is 2.31. The van der Waals surface area contributed by atoms with Gasteiger partial charge in [-0.25, -0.2) is 4.98 Å². The highest BCUT2D eigenvalue weighted by atomic mass is 16.3. The van der Waals surface area contributed by atoms with E-state index in [2.05, 4.69) is 15.3 Å². The van der Waals surface area contributed by atoms with Gasteiger partial charge in [-0.05, 0) is 48.4 Å². The summed E-state index contributed by atoms with van der Waals surface area (Å²) in [6, 6.07) is 8.65. The average molecular weight is 281 g/mol. The fraction of sp³-hybridized carbons (Fsp3) is 0.125. The molecule has 5 nitrogen and oxygen atoms in total. The van der Waals surface area contributed by atoms with Crippen molar-refractivity contribution >= 4 is 22.6 Å². The summed E-state index contributed by atoms with van der Waals surface area (Å²) in [6.07, 6.45) is 3.79. The van der Waals surface area contributed by atoms with E-state index in [4.69, 9.17) is 0 Å². The Morgan fingerprint density at radius 1 is 1.38 bits per heavy atom. The molecule has 0 aliphatic rings. The van der Waals surface area contributed by atoms with Crippen molar-refractivity contribution in [2.75, 3.05) is 5.32 Å². The Morgan fingerprint density at radius 3 is 3.05 bits per heavy atom. The number of carbonyl (C=O) groups is 1. The van der Waals surface area contributed by atoms with E-state index in [0.29, 0.717) is 5.69 Å². The summed E-state index contributed by atoms with van der Waals surface area (Å²) in [6.45, 7) is 1.84. The van der Waals surface area contributed by atoms with Crippen molar-refractivity contribution < 1.29 is 9.90 Å². The van der Waals surface area contributed by atoms with Gasteiger partial charge in [0, 0.05) is 23.5 Å². The Morgan fingerprint density at radius 2 is 2.24 bits per heavy atom. The maximum atomic E-state index is 12.2. The number of fused-ring (bicyclic) bond motifs is 1. The van der Waals surface area contributed by atoms with Crippen LogP contribution in [0.1, 0.15) is 11.1 Å². The molecular formula is C16H15N3O2. The van der Waals surface area contributed by atoms with E-state index < -0.39 is 0 Å². The SMILES string of the molecule is Cc1cc(O)ccc1NC(=O)Cc1c[nH]c2ncccc12. The number of pyridine rings is 1. The molecule has 21 heavy (non-hydrogen) atoms. The van der Waals surface area contributed by atoms with Gasteiger partial charge in [0.2, 0.25) is 5.91 Å². The second-order valence-corrected chi connectivity index (χ2v) is 4.94. The monoisotopic (exact) mass is 281 g/mol. The smallest absolute Gasteiger partial charge is 0.228 e. The zero-order valence-corrected chi connectivity index (χ0v) is 11.6. The Balaban J connectivity index is 1.77. The number of H-pyrrole nitrogens is 1. The van der Waals surface area contributed by atoms with Crippen molar-refractivity contribution in [3.05, 3.63) is 53.9 Å². The largest absolute Gasteiger partial charge is 0.508 e. The van der Waals surface area contributed by atoms with E-state index in [1.54, 1.807) is 30.6 Å². The molecule has 0 saturated carbocycles. The van der Waals surface area contributed by atoms with Gasteiger partial charge >= 0.3 is 0 Å². The molecule has 1 aromatic carbocycles. The number of hydrogen-bond donors (Lipinski definition) is 3. The molecule has 3 aromatic rings. The number of phenolic OH excluding ortho intramolecular Hbond substituents is 1. The summed E-state index contributed by atoms with van der Waals surface area (Å²) >= 11 is 0. The zero-order valence-electron chi connectivity index (χ0n) is 11.6. The van der Waals surface area contributed by atoms with E-state index in [1.807, 2.05) is 19.1 Å². The molecule has 1 amide bonds. The van der Waals surface area contributed by atoms with Gasteiger partial charge in [-0.2, -0.15) is 0 Å². The van der Waals surface area contributed by atoms with Gasteiger partial charge in [0.15, 0.2) is 0 Å².